The van der Waals surface area contributed by atoms with Crippen molar-refractivity contribution in [2.24, 2.45) is 0 Å². The summed E-state index contributed by atoms with van der Waals surface area (Å²) in [5.74, 6) is -1.52. The van der Waals surface area contributed by atoms with Crippen molar-refractivity contribution in [2.45, 2.75) is 50.9 Å². The number of nitrogens with one attached hydrogen (secondary N) is 1. The van der Waals surface area contributed by atoms with Crippen LogP contribution in [0.2, 0.25) is 5.02 Å². The number of ether oxygens (including phenoxy) is 1. The Morgan fingerprint density at radius 1 is 1.14 bits per heavy atom. The van der Waals surface area contributed by atoms with Gasteiger partial charge in [0.25, 0.3) is 11.8 Å². The minimum absolute atomic E-state index is 0.0295. The van der Waals surface area contributed by atoms with Gasteiger partial charge in [0.05, 0.1) is 17.2 Å². The van der Waals surface area contributed by atoms with E-state index in [1.165, 1.54) is 23.1 Å². The maximum Gasteiger partial charge on any atom is 0.256 e. The summed E-state index contributed by atoms with van der Waals surface area (Å²) in [7, 11) is 0. The molecule has 2 atom stereocenters. The highest BCUT2D eigenvalue weighted by Crippen LogP contribution is 2.39. The molecule has 2 saturated heterocycles. The van der Waals surface area contributed by atoms with E-state index in [-0.39, 0.29) is 30.0 Å². The number of benzene rings is 2. The molecule has 1 spiro atoms. The van der Waals surface area contributed by atoms with Gasteiger partial charge >= 0.3 is 0 Å². The van der Waals surface area contributed by atoms with Crippen LogP contribution >= 0.6 is 11.6 Å². The van der Waals surface area contributed by atoms with Crippen molar-refractivity contribution in [3.63, 3.8) is 0 Å². The number of amides is 3. The second kappa shape index (κ2) is 10.3. The van der Waals surface area contributed by atoms with Gasteiger partial charge in [0.2, 0.25) is 5.91 Å². The van der Waals surface area contributed by atoms with Crippen LogP contribution in [0.25, 0.3) is 0 Å². The molecule has 35 heavy (non-hydrogen) atoms. The molecule has 2 aliphatic rings. The Balaban J connectivity index is 1.59. The predicted molar refractivity (Wildman–Crippen MR) is 130 cm³/mol. The molecule has 0 saturated carbocycles. The highest BCUT2D eigenvalue weighted by molar-refractivity contribution is 6.33. The minimum Gasteiger partial charge on any atom is -0.353 e. The molecule has 2 aromatic carbocycles. The first-order valence-electron chi connectivity index (χ1n) is 11.8. The Morgan fingerprint density at radius 2 is 1.86 bits per heavy atom. The van der Waals surface area contributed by atoms with Crippen LogP contribution in [0.5, 0.6) is 0 Å². The zero-order valence-electron chi connectivity index (χ0n) is 19.8. The molecule has 0 aromatic heterocycles. The van der Waals surface area contributed by atoms with Gasteiger partial charge in [-0.1, -0.05) is 36.7 Å². The molecule has 3 amide bonds. The van der Waals surface area contributed by atoms with E-state index < -0.39 is 23.5 Å². The lowest BCUT2D eigenvalue weighted by atomic mass is 9.96. The van der Waals surface area contributed by atoms with E-state index in [0.29, 0.717) is 36.5 Å². The number of hydrogen-bond acceptors (Lipinski definition) is 4. The van der Waals surface area contributed by atoms with Gasteiger partial charge in [0, 0.05) is 37.5 Å². The zero-order chi connectivity index (χ0) is 25.2. The van der Waals surface area contributed by atoms with Gasteiger partial charge in [0.15, 0.2) is 0 Å². The van der Waals surface area contributed by atoms with E-state index in [1.807, 2.05) is 13.8 Å². The summed E-state index contributed by atoms with van der Waals surface area (Å²) in [5.41, 5.74) is -0.514. The van der Waals surface area contributed by atoms with Crippen LogP contribution in [-0.4, -0.2) is 65.0 Å². The largest absolute Gasteiger partial charge is 0.353 e. The Bertz CT molecular complexity index is 1120. The smallest absolute Gasteiger partial charge is 0.256 e. The van der Waals surface area contributed by atoms with E-state index >= 15 is 0 Å². The third kappa shape index (κ3) is 5.04. The van der Waals surface area contributed by atoms with Crippen LogP contribution < -0.4 is 5.32 Å². The minimum atomic E-state index is -1.07. The maximum absolute atomic E-state index is 13.9. The average Bonchev–Trinajstić information content (AvgIpc) is 3.22. The quantitative estimate of drug-likeness (QED) is 0.674. The van der Waals surface area contributed by atoms with Crippen LogP contribution in [0, 0.1) is 5.82 Å². The SMILES string of the molecule is CC[C@@H](C)NC(=O)[C@H]1COC2(CCN(C(=O)c3ccccc3Cl)CC2)N1C(=O)c1cccc(F)c1. The Labute approximate surface area is 209 Å². The lowest BCUT2D eigenvalue weighted by molar-refractivity contribution is -0.128. The number of halogens is 2. The first-order valence-corrected chi connectivity index (χ1v) is 12.2. The first-order chi connectivity index (χ1) is 16.8. The Hall–Kier alpha value is -2.97. The van der Waals surface area contributed by atoms with Crippen molar-refractivity contribution in [1.82, 2.24) is 15.1 Å². The molecule has 9 heteroatoms. The van der Waals surface area contributed by atoms with E-state index in [4.69, 9.17) is 16.3 Å². The lowest BCUT2D eigenvalue weighted by Gasteiger charge is -2.44. The second-order valence-electron chi connectivity index (χ2n) is 9.05. The highest BCUT2D eigenvalue weighted by atomic mass is 35.5. The number of carbonyl (C=O) groups excluding carboxylic acids is 3. The van der Waals surface area contributed by atoms with Crippen molar-refractivity contribution in [1.29, 1.82) is 0 Å². The van der Waals surface area contributed by atoms with Gasteiger partial charge in [-0.05, 0) is 43.7 Å². The van der Waals surface area contributed by atoms with Crippen LogP contribution in [0.3, 0.4) is 0 Å². The van der Waals surface area contributed by atoms with Gasteiger partial charge in [-0.2, -0.15) is 0 Å². The summed E-state index contributed by atoms with van der Waals surface area (Å²) in [6, 6.07) is 11.3. The van der Waals surface area contributed by atoms with Crippen LogP contribution in [-0.2, 0) is 9.53 Å². The van der Waals surface area contributed by atoms with Crippen LogP contribution in [0.15, 0.2) is 48.5 Å². The molecule has 2 aromatic rings. The number of nitrogens with zero attached hydrogens (tertiary/aromatic N) is 2. The van der Waals surface area contributed by atoms with Crippen molar-refractivity contribution < 1.29 is 23.5 Å². The van der Waals surface area contributed by atoms with Gasteiger partial charge in [-0.15, -0.1) is 0 Å². The fourth-order valence-corrected chi connectivity index (χ4v) is 4.85. The summed E-state index contributed by atoms with van der Waals surface area (Å²) < 4.78 is 20.1. The summed E-state index contributed by atoms with van der Waals surface area (Å²) in [6.45, 7) is 4.51. The van der Waals surface area contributed by atoms with Crippen molar-refractivity contribution in [3.8, 4) is 0 Å². The molecule has 0 radical (unpaired) electrons. The predicted octanol–water partition coefficient (Wildman–Crippen LogP) is 3.87. The Morgan fingerprint density at radius 3 is 2.51 bits per heavy atom. The van der Waals surface area contributed by atoms with Crippen molar-refractivity contribution >= 4 is 29.3 Å². The van der Waals surface area contributed by atoms with Gasteiger partial charge in [0.1, 0.15) is 17.6 Å². The number of carbonyl (C=O) groups is 3. The van der Waals surface area contributed by atoms with Crippen LogP contribution in [0.1, 0.15) is 53.8 Å². The maximum atomic E-state index is 13.9. The summed E-state index contributed by atoms with van der Waals surface area (Å²) in [6.07, 6.45) is 1.37. The normalized spacial score (nSPS) is 20.1. The molecule has 0 bridgehead atoms. The van der Waals surface area contributed by atoms with Crippen molar-refractivity contribution in [2.75, 3.05) is 19.7 Å². The Kier molecular flexibility index (Phi) is 7.42. The standard InChI is InChI=1S/C26H29ClFN3O4/c1-3-17(2)29-23(32)22-16-35-26(31(22)24(33)18-7-6-8-19(28)15-18)11-13-30(14-12-26)25(34)20-9-4-5-10-21(20)27/h4-10,15,17,22H,3,11-14,16H2,1-2H3,(H,29,32)/t17-,22-/m1/s1. The third-order valence-corrected chi connectivity index (χ3v) is 7.12. The fraction of sp³-hybridized carbons (Fsp3) is 0.423. The van der Waals surface area contributed by atoms with E-state index in [0.717, 1.165) is 12.5 Å². The van der Waals surface area contributed by atoms with E-state index in [2.05, 4.69) is 5.32 Å². The van der Waals surface area contributed by atoms with Gasteiger partial charge in [-0.25, -0.2) is 4.39 Å². The molecule has 0 unspecified atom stereocenters. The summed E-state index contributed by atoms with van der Waals surface area (Å²) >= 11 is 6.21. The molecule has 4 rings (SSSR count). The highest BCUT2D eigenvalue weighted by Gasteiger charge is 2.54. The first kappa shape index (κ1) is 25.1. The topological polar surface area (TPSA) is 79.0 Å². The average molecular weight is 502 g/mol. The molecule has 2 fully saturated rings. The van der Waals surface area contributed by atoms with Crippen molar-refractivity contribution in [3.05, 3.63) is 70.5 Å². The monoisotopic (exact) mass is 501 g/mol. The molecule has 186 valence electrons. The lowest BCUT2D eigenvalue weighted by Crippen LogP contribution is -2.60. The molecule has 7 nitrogen and oxygen atoms in total. The van der Waals surface area contributed by atoms with Crippen LogP contribution in [0.4, 0.5) is 4.39 Å². The van der Waals surface area contributed by atoms with Gasteiger partial charge in [-0.3, -0.25) is 19.3 Å². The van der Waals surface area contributed by atoms with E-state index in [9.17, 15) is 18.8 Å². The molecule has 2 heterocycles. The number of piperidine rings is 1. The molecule has 2 aliphatic heterocycles. The molecule has 1 N–H and O–H groups in total. The molecular weight excluding hydrogens is 473 g/mol. The third-order valence-electron chi connectivity index (χ3n) is 6.79. The second-order valence-corrected chi connectivity index (χ2v) is 9.46. The number of likely N-dealkylation sites (tertiary alicyclic amines) is 1. The summed E-state index contributed by atoms with van der Waals surface area (Å²) in [4.78, 5) is 42.9. The number of hydrogen-bond donors (Lipinski definition) is 1. The van der Waals surface area contributed by atoms with E-state index in [1.54, 1.807) is 29.2 Å². The number of rotatable bonds is 5. The van der Waals surface area contributed by atoms with Gasteiger partial charge < -0.3 is 15.0 Å². The zero-order valence-corrected chi connectivity index (χ0v) is 20.6. The molecular formula is C26H29ClFN3O4. The fourth-order valence-electron chi connectivity index (χ4n) is 4.63. The molecule has 0 aliphatic carbocycles. The summed E-state index contributed by atoms with van der Waals surface area (Å²) in [5, 5.41) is 3.30.